The maximum Gasteiger partial charge on any atom is 0.313 e. The molecule has 1 aliphatic rings. The molecule has 210 valence electrons. The molecule has 1 fully saturated rings. The lowest BCUT2D eigenvalue weighted by Crippen LogP contribution is -2.35. The summed E-state index contributed by atoms with van der Waals surface area (Å²) < 4.78 is 13.6. The Morgan fingerprint density at radius 2 is 1.65 bits per heavy atom. The lowest BCUT2D eigenvalue weighted by atomic mass is 9.95. The topological polar surface area (TPSA) is 56.6 Å². The van der Waals surface area contributed by atoms with Crippen LogP contribution in [0.5, 0.6) is 0 Å². The van der Waals surface area contributed by atoms with Crippen molar-refractivity contribution >= 4 is 17.0 Å². The molecule has 0 radical (unpaired) electrons. The lowest BCUT2D eigenvalue weighted by Gasteiger charge is -2.32. The Hall–Kier alpha value is -3.48. The van der Waals surface area contributed by atoms with Crippen molar-refractivity contribution in [3.05, 3.63) is 101 Å². The molecule has 40 heavy (non-hydrogen) atoms. The van der Waals surface area contributed by atoms with Crippen LogP contribution < -0.4 is 0 Å². The van der Waals surface area contributed by atoms with E-state index in [4.69, 9.17) is 14.5 Å². The number of benzene rings is 3. The summed E-state index contributed by atoms with van der Waals surface area (Å²) in [7, 11) is 0. The second kappa shape index (κ2) is 13.7. The van der Waals surface area contributed by atoms with Crippen molar-refractivity contribution in [1.29, 1.82) is 0 Å². The summed E-state index contributed by atoms with van der Waals surface area (Å²) in [6.45, 7) is 9.79. The Labute approximate surface area is 237 Å². The minimum absolute atomic E-state index is 0.189. The number of hydrogen-bond donors (Lipinski definition) is 0. The molecular formula is C34H41N3O3. The van der Waals surface area contributed by atoms with E-state index in [9.17, 15) is 4.79 Å². The summed E-state index contributed by atoms with van der Waals surface area (Å²) in [6.07, 6.45) is 3.25. The van der Waals surface area contributed by atoms with Crippen LogP contribution in [0.2, 0.25) is 0 Å². The SMILES string of the molecule is CCOCCn1c(C2CCN(CCc3ccc(C(C)C(=O)OCc4ccccc4)cc3)CC2)nc2ccccc21. The molecule has 5 rings (SSSR count). The second-order valence-corrected chi connectivity index (χ2v) is 10.7. The molecule has 2 heterocycles. The number of esters is 1. The first-order valence-electron chi connectivity index (χ1n) is 14.7. The fourth-order valence-electron chi connectivity index (χ4n) is 5.61. The van der Waals surface area contributed by atoms with Crippen LogP contribution >= 0.6 is 0 Å². The van der Waals surface area contributed by atoms with Gasteiger partial charge in [-0.05, 0) is 75.0 Å². The third kappa shape index (κ3) is 6.98. The third-order valence-electron chi connectivity index (χ3n) is 8.07. The monoisotopic (exact) mass is 539 g/mol. The van der Waals surface area contributed by atoms with Crippen molar-refractivity contribution in [2.24, 2.45) is 0 Å². The Kier molecular flexibility index (Phi) is 9.63. The summed E-state index contributed by atoms with van der Waals surface area (Å²) in [5.74, 6) is 1.22. The van der Waals surface area contributed by atoms with Gasteiger partial charge in [0.15, 0.2) is 0 Å². The summed E-state index contributed by atoms with van der Waals surface area (Å²) in [5, 5.41) is 0. The van der Waals surface area contributed by atoms with Gasteiger partial charge in [-0.25, -0.2) is 4.98 Å². The first kappa shape index (κ1) is 28.1. The molecule has 0 N–H and O–H groups in total. The number of carbonyl (C=O) groups excluding carboxylic acids is 1. The van der Waals surface area contributed by atoms with Crippen LogP contribution in [0.3, 0.4) is 0 Å². The van der Waals surface area contributed by atoms with Crippen LogP contribution in [0.15, 0.2) is 78.9 Å². The zero-order valence-electron chi connectivity index (χ0n) is 23.8. The predicted octanol–water partition coefficient (Wildman–Crippen LogP) is 6.34. The normalized spacial score (nSPS) is 15.3. The molecular weight excluding hydrogens is 498 g/mol. The molecule has 1 atom stereocenters. The van der Waals surface area contributed by atoms with Gasteiger partial charge >= 0.3 is 5.97 Å². The molecule has 6 nitrogen and oxygen atoms in total. The Morgan fingerprint density at radius 1 is 0.925 bits per heavy atom. The molecule has 0 spiro atoms. The average molecular weight is 540 g/mol. The molecule has 1 saturated heterocycles. The highest BCUT2D eigenvalue weighted by atomic mass is 16.5. The number of ether oxygens (including phenoxy) is 2. The van der Waals surface area contributed by atoms with Gasteiger partial charge in [0.25, 0.3) is 0 Å². The van der Waals surface area contributed by atoms with Gasteiger partial charge < -0.3 is 18.9 Å². The highest BCUT2D eigenvalue weighted by molar-refractivity contribution is 5.77. The first-order valence-corrected chi connectivity index (χ1v) is 14.7. The van der Waals surface area contributed by atoms with Crippen molar-refractivity contribution in [2.75, 3.05) is 32.8 Å². The number of piperidine rings is 1. The van der Waals surface area contributed by atoms with Crippen molar-refractivity contribution in [2.45, 2.75) is 58.1 Å². The number of likely N-dealkylation sites (tertiary alicyclic amines) is 1. The average Bonchev–Trinajstić information content (AvgIpc) is 3.38. The minimum atomic E-state index is -0.283. The fraction of sp³-hybridized carbons (Fsp3) is 0.412. The molecule has 1 aromatic heterocycles. The maximum absolute atomic E-state index is 12.6. The van der Waals surface area contributed by atoms with E-state index in [1.165, 1.54) is 16.9 Å². The van der Waals surface area contributed by atoms with Gasteiger partial charge in [-0.1, -0.05) is 66.7 Å². The summed E-state index contributed by atoms with van der Waals surface area (Å²) in [4.78, 5) is 20.2. The molecule has 0 amide bonds. The van der Waals surface area contributed by atoms with E-state index < -0.39 is 0 Å². The molecule has 0 saturated carbocycles. The highest BCUT2D eigenvalue weighted by Crippen LogP contribution is 2.30. The zero-order valence-corrected chi connectivity index (χ0v) is 23.8. The quantitative estimate of drug-likeness (QED) is 0.155. The van der Waals surface area contributed by atoms with Crippen molar-refractivity contribution in [3.8, 4) is 0 Å². The van der Waals surface area contributed by atoms with Crippen molar-refractivity contribution in [3.63, 3.8) is 0 Å². The van der Waals surface area contributed by atoms with E-state index in [1.807, 2.05) is 44.2 Å². The number of imidazole rings is 1. The number of hydrogen-bond acceptors (Lipinski definition) is 5. The first-order chi connectivity index (χ1) is 19.6. The molecule has 1 unspecified atom stereocenters. The number of fused-ring (bicyclic) bond motifs is 1. The maximum atomic E-state index is 12.6. The predicted molar refractivity (Wildman–Crippen MR) is 159 cm³/mol. The van der Waals surface area contributed by atoms with Crippen LogP contribution in [0.25, 0.3) is 11.0 Å². The van der Waals surface area contributed by atoms with E-state index in [2.05, 4.69) is 58.0 Å². The van der Waals surface area contributed by atoms with E-state index >= 15 is 0 Å². The van der Waals surface area contributed by atoms with E-state index in [0.29, 0.717) is 12.5 Å². The van der Waals surface area contributed by atoms with Crippen LogP contribution in [0.4, 0.5) is 0 Å². The van der Waals surface area contributed by atoms with E-state index in [-0.39, 0.29) is 11.9 Å². The number of carbonyl (C=O) groups is 1. The summed E-state index contributed by atoms with van der Waals surface area (Å²) in [5.41, 5.74) is 5.59. The van der Waals surface area contributed by atoms with Gasteiger partial charge in [-0.2, -0.15) is 0 Å². The standard InChI is InChI=1S/C34H41N3O3/c1-3-39-24-23-37-32-12-8-7-11-31(32)35-33(37)30-18-21-36(22-19-30)20-17-27-13-15-29(16-14-27)26(2)34(38)40-25-28-9-5-4-6-10-28/h4-16,26,30H,3,17-25H2,1-2H3. The summed E-state index contributed by atoms with van der Waals surface area (Å²) >= 11 is 0. The lowest BCUT2D eigenvalue weighted by molar-refractivity contribution is -0.146. The van der Waals surface area contributed by atoms with E-state index in [0.717, 1.165) is 75.3 Å². The smallest absolute Gasteiger partial charge is 0.313 e. The molecule has 6 heteroatoms. The molecule has 0 aliphatic carbocycles. The van der Waals surface area contributed by atoms with Crippen LogP contribution in [0.1, 0.15) is 61.0 Å². The molecule has 0 bridgehead atoms. The van der Waals surface area contributed by atoms with Crippen LogP contribution in [-0.4, -0.2) is 53.3 Å². The Morgan fingerprint density at radius 3 is 2.40 bits per heavy atom. The van der Waals surface area contributed by atoms with Gasteiger partial charge in [0.2, 0.25) is 0 Å². The Balaban J connectivity index is 1.10. The minimum Gasteiger partial charge on any atom is -0.460 e. The third-order valence-corrected chi connectivity index (χ3v) is 8.07. The largest absolute Gasteiger partial charge is 0.460 e. The van der Waals surface area contributed by atoms with Crippen LogP contribution in [-0.2, 0) is 33.8 Å². The van der Waals surface area contributed by atoms with Gasteiger partial charge in [-0.15, -0.1) is 0 Å². The van der Waals surface area contributed by atoms with Crippen LogP contribution in [0, 0.1) is 0 Å². The number of rotatable bonds is 12. The number of aromatic nitrogens is 2. The van der Waals surface area contributed by atoms with Crippen molar-refractivity contribution in [1.82, 2.24) is 14.5 Å². The number of para-hydroxylation sites is 2. The second-order valence-electron chi connectivity index (χ2n) is 10.7. The molecule has 3 aromatic carbocycles. The van der Waals surface area contributed by atoms with Gasteiger partial charge in [0.1, 0.15) is 12.4 Å². The zero-order chi connectivity index (χ0) is 27.7. The molecule has 1 aliphatic heterocycles. The van der Waals surface area contributed by atoms with Crippen molar-refractivity contribution < 1.29 is 14.3 Å². The van der Waals surface area contributed by atoms with E-state index in [1.54, 1.807) is 0 Å². The number of nitrogens with zero attached hydrogens (tertiary/aromatic N) is 3. The Bertz CT molecular complexity index is 1360. The summed E-state index contributed by atoms with van der Waals surface area (Å²) in [6, 6.07) is 26.7. The highest BCUT2D eigenvalue weighted by Gasteiger charge is 2.25. The van der Waals surface area contributed by atoms with Gasteiger partial charge in [0, 0.05) is 25.6 Å². The molecule has 4 aromatic rings. The fourth-order valence-corrected chi connectivity index (χ4v) is 5.61. The van der Waals surface area contributed by atoms with Gasteiger partial charge in [-0.3, -0.25) is 4.79 Å². The van der Waals surface area contributed by atoms with Gasteiger partial charge in [0.05, 0.1) is 23.6 Å².